The van der Waals surface area contributed by atoms with E-state index in [4.69, 9.17) is 5.73 Å². The van der Waals surface area contributed by atoms with E-state index in [-0.39, 0.29) is 10.8 Å². The number of rotatable bonds is 4. The minimum Gasteiger partial charge on any atom is -0.329 e. The largest absolute Gasteiger partial charge is 0.329 e. The molecule has 0 aliphatic rings. The Hall–Kier alpha value is 0.0500. The minimum atomic E-state index is -3.45. The van der Waals surface area contributed by atoms with E-state index in [1.165, 1.54) is 11.3 Å². The third kappa shape index (κ3) is 3.53. The van der Waals surface area contributed by atoms with Crippen LogP contribution in [0.25, 0.3) is 0 Å². The normalized spacial score (nSPS) is 13.1. The lowest BCUT2D eigenvalue weighted by Gasteiger charge is -2.23. The van der Waals surface area contributed by atoms with E-state index in [1.54, 1.807) is 26.0 Å². The van der Waals surface area contributed by atoms with E-state index in [2.05, 4.69) is 20.7 Å². The van der Waals surface area contributed by atoms with Crippen molar-refractivity contribution in [2.75, 3.05) is 6.54 Å². The molecule has 0 aliphatic carbocycles. The maximum absolute atomic E-state index is 11.8. The summed E-state index contributed by atoms with van der Waals surface area (Å²) in [5, 5.41) is 0. The molecule has 0 atom stereocenters. The molecule has 1 aromatic rings. The van der Waals surface area contributed by atoms with E-state index < -0.39 is 15.6 Å². The number of thiophene rings is 1. The molecule has 0 aliphatic heterocycles. The number of halogens is 1. The Kier molecular flexibility index (Phi) is 3.94. The fourth-order valence-electron chi connectivity index (χ4n) is 0.898. The van der Waals surface area contributed by atoms with Gasteiger partial charge in [-0.05, 0) is 41.9 Å². The lowest BCUT2D eigenvalue weighted by Crippen LogP contribution is -2.48. The van der Waals surface area contributed by atoms with Gasteiger partial charge in [0, 0.05) is 12.1 Å². The standard InChI is InChI=1S/C8H13BrN2O2S2/c1-8(2,5-10)11-15(12,13)7-4-3-6(9)14-7/h3-4,11H,5,10H2,1-2H3. The highest BCUT2D eigenvalue weighted by Crippen LogP contribution is 2.26. The summed E-state index contributed by atoms with van der Waals surface area (Å²) in [5.74, 6) is 0. The first kappa shape index (κ1) is 13.1. The van der Waals surface area contributed by atoms with Gasteiger partial charge < -0.3 is 5.73 Å². The van der Waals surface area contributed by atoms with Crippen LogP contribution in [0.4, 0.5) is 0 Å². The zero-order valence-electron chi connectivity index (χ0n) is 8.45. The van der Waals surface area contributed by atoms with Crippen molar-refractivity contribution in [2.45, 2.75) is 23.6 Å². The van der Waals surface area contributed by atoms with Crippen molar-refractivity contribution in [3.63, 3.8) is 0 Å². The summed E-state index contributed by atoms with van der Waals surface area (Å²) in [6.45, 7) is 3.74. The number of sulfonamides is 1. The van der Waals surface area contributed by atoms with Gasteiger partial charge in [-0.2, -0.15) is 0 Å². The molecule has 0 spiro atoms. The third-order valence-electron chi connectivity index (χ3n) is 1.73. The highest BCUT2D eigenvalue weighted by atomic mass is 79.9. The zero-order chi connectivity index (χ0) is 11.7. The molecule has 0 amide bonds. The van der Waals surface area contributed by atoms with Crippen LogP contribution in [-0.4, -0.2) is 20.5 Å². The number of hydrogen-bond acceptors (Lipinski definition) is 4. The predicted octanol–water partition coefficient (Wildman–Crippen LogP) is 1.53. The van der Waals surface area contributed by atoms with Gasteiger partial charge in [-0.1, -0.05) is 0 Å². The Labute approximate surface area is 102 Å². The molecule has 7 heteroatoms. The van der Waals surface area contributed by atoms with E-state index in [1.807, 2.05) is 0 Å². The van der Waals surface area contributed by atoms with E-state index in [0.29, 0.717) is 0 Å². The third-order valence-corrected chi connectivity index (χ3v) is 5.55. The summed E-state index contributed by atoms with van der Waals surface area (Å²) in [6, 6.07) is 3.26. The maximum Gasteiger partial charge on any atom is 0.250 e. The first-order valence-electron chi connectivity index (χ1n) is 4.26. The first-order valence-corrected chi connectivity index (χ1v) is 7.35. The second-order valence-electron chi connectivity index (χ2n) is 3.75. The summed E-state index contributed by atoms with van der Waals surface area (Å²) < 4.78 is 27.3. The second-order valence-corrected chi connectivity index (χ2v) is 8.12. The number of nitrogens with two attached hydrogens (primary N) is 1. The molecule has 0 radical (unpaired) electrons. The predicted molar refractivity (Wildman–Crippen MR) is 65.5 cm³/mol. The van der Waals surface area contributed by atoms with Crippen LogP contribution in [0, 0.1) is 0 Å². The summed E-state index contributed by atoms with van der Waals surface area (Å²) >= 11 is 4.39. The van der Waals surface area contributed by atoms with Crippen molar-refractivity contribution in [1.82, 2.24) is 4.72 Å². The molecule has 0 aromatic carbocycles. The Balaban J connectivity index is 2.95. The lowest BCUT2D eigenvalue weighted by molar-refractivity contribution is 0.463. The van der Waals surface area contributed by atoms with Gasteiger partial charge in [0.1, 0.15) is 4.21 Å². The highest BCUT2D eigenvalue weighted by Gasteiger charge is 2.25. The Morgan fingerprint density at radius 2 is 2.13 bits per heavy atom. The minimum absolute atomic E-state index is 0.249. The molecule has 0 unspecified atom stereocenters. The van der Waals surface area contributed by atoms with E-state index >= 15 is 0 Å². The molecule has 1 aromatic heterocycles. The van der Waals surface area contributed by atoms with Crippen molar-refractivity contribution in [3.8, 4) is 0 Å². The molecule has 3 N–H and O–H groups in total. The van der Waals surface area contributed by atoms with Crippen LogP contribution in [0.3, 0.4) is 0 Å². The van der Waals surface area contributed by atoms with Crippen LogP contribution < -0.4 is 10.5 Å². The molecular formula is C8H13BrN2O2S2. The van der Waals surface area contributed by atoms with Crippen LogP contribution in [0.1, 0.15) is 13.8 Å². The van der Waals surface area contributed by atoms with Crippen LogP contribution in [0.15, 0.2) is 20.1 Å². The van der Waals surface area contributed by atoms with Crippen LogP contribution >= 0.6 is 27.3 Å². The topological polar surface area (TPSA) is 72.2 Å². The van der Waals surface area contributed by atoms with Crippen molar-refractivity contribution in [1.29, 1.82) is 0 Å². The summed E-state index contributed by atoms with van der Waals surface area (Å²) in [6.07, 6.45) is 0. The molecule has 0 saturated heterocycles. The van der Waals surface area contributed by atoms with Gasteiger partial charge in [0.05, 0.1) is 3.79 Å². The molecule has 0 fully saturated rings. The van der Waals surface area contributed by atoms with Gasteiger partial charge in [-0.15, -0.1) is 11.3 Å². The smallest absolute Gasteiger partial charge is 0.250 e. The van der Waals surface area contributed by atoms with Gasteiger partial charge in [0.15, 0.2) is 0 Å². The molecule has 15 heavy (non-hydrogen) atoms. The maximum atomic E-state index is 11.8. The number of hydrogen-bond donors (Lipinski definition) is 2. The van der Waals surface area contributed by atoms with Gasteiger partial charge in [-0.3, -0.25) is 0 Å². The molecule has 0 bridgehead atoms. The van der Waals surface area contributed by atoms with Crippen LogP contribution in [-0.2, 0) is 10.0 Å². The molecule has 1 heterocycles. The quantitative estimate of drug-likeness (QED) is 0.885. The van der Waals surface area contributed by atoms with E-state index in [0.717, 1.165) is 3.79 Å². The molecule has 4 nitrogen and oxygen atoms in total. The second kappa shape index (κ2) is 4.50. The average molecular weight is 313 g/mol. The average Bonchev–Trinajstić information content (AvgIpc) is 2.51. The van der Waals surface area contributed by atoms with Crippen molar-refractivity contribution in [2.24, 2.45) is 5.73 Å². The fourth-order valence-corrected chi connectivity index (χ4v) is 4.33. The van der Waals surface area contributed by atoms with Gasteiger partial charge in [0.2, 0.25) is 0 Å². The summed E-state index contributed by atoms with van der Waals surface area (Å²) in [4.78, 5) is 0. The van der Waals surface area contributed by atoms with Gasteiger partial charge in [0.25, 0.3) is 10.0 Å². The van der Waals surface area contributed by atoms with E-state index in [9.17, 15) is 8.42 Å². The van der Waals surface area contributed by atoms with Gasteiger partial charge >= 0.3 is 0 Å². The lowest BCUT2D eigenvalue weighted by atomic mass is 10.1. The fraction of sp³-hybridized carbons (Fsp3) is 0.500. The van der Waals surface area contributed by atoms with Crippen molar-refractivity contribution < 1.29 is 8.42 Å². The first-order chi connectivity index (χ1) is 6.77. The monoisotopic (exact) mass is 312 g/mol. The zero-order valence-corrected chi connectivity index (χ0v) is 11.7. The highest BCUT2D eigenvalue weighted by molar-refractivity contribution is 9.11. The molecule has 1 rings (SSSR count). The molecule has 0 saturated carbocycles. The van der Waals surface area contributed by atoms with Crippen molar-refractivity contribution >= 4 is 37.3 Å². The summed E-state index contributed by atoms with van der Waals surface area (Å²) in [7, 11) is -3.45. The SMILES string of the molecule is CC(C)(CN)NS(=O)(=O)c1ccc(Br)s1. The Bertz CT molecular complexity index is 439. The van der Waals surface area contributed by atoms with Crippen LogP contribution in [0.2, 0.25) is 0 Å². The number of nitrogens with one attached hydrogen (secondary N) is 1. The Morgan fingerprint density at radius 1 is 1.53 bits per heavy atom. The van der Waals surface area contributed by atoms with Crippen LogP contribution in [0.5, 0.6) is 0 Å². The molecular weight excluding hydrogens is 300 g/mol. The molecule has 86 valence electrons. The summed E-state index contributed by atoms with van der Waals surface area (Å²) in [5.41, 5.74) is 4.83. The Morgan fingerprint density at radius 3 is 2.53 bits per heavy atom. The van der Waals surface area contributed by atoms with Crippen molar-refractivity contribution in [3.05, 3.63) is 15.9 Å². The van der Waals surface area contributed by atoms with Gasteiger partial charge in [-0.25, -0.2) is 13.1 Å².